The molecule has 0 aliphatic rings. The van der Waals surface area contributed by atoms with Gasteiger partial charge in [-0.15, -0.1) is 0 Å². The molecule has 0 heterocycles. The average Bonchev–Trinajstić information content (AvgIpc) is 2.61. The molecule has 0 aliphatic heterocycles. The van der Waals surface area contributed by atoms with Crippen LogP contribution >= 0.6 is 0 Å². The van der Waals surface area contributed by atoms with E-state index in [1.165, 1.54) is 0 Å². The third kappa shape index (κ3) is 12.7. The highest BCUT2D eigenvalue weighted by atomic mass is 16.5. The minimum atomic E-state index is -0.0717. The number of hydrogen-bond donors (Lipinski definition) is 1. The monoisotopic (exact) mass is 359 g/mol. The van der Waals surface area contributed by atoms with Crippen LogP contribution in [0, 0.1) is 10.4 Å². The summed E-state index contributed by atoms with van der Waals surface area (Å²) in [5.74, 6) is 0. The lowest BCUT2D eigenvalue weighted by Gasteiger charge is -2.44. The van der Waals surface area contributed by atoms with Crippen molar-refractivity contribution < 1.29 is 9.29 Å². The van der Waals surface area contributed by atoms with Crippen molar-refractivity contribution in [3.05, 3.63) is 10.4 Å². The Balaban J connectivity index is 4.22. The Morgan fingerprint density at radius 1 is 0.520 bits per heavy atom. The molecule has 1 N–H and O–H groups in total. The molecule has 25 heavy (non-hydrogen) atoms. The van der Waals surface area contributed by atoms with Gasteiger partial charge in [-0.25, -0.2) is 0 Å². The highest BCUT2D eigenvalue weighted by molar-refractivity contribution is 4.54. The van der Waals surface area contributed by atoms with Gasteiger partial charge in [0, 0.05) is 13.1 Å². The molecule has 0 rings (SSSR count). The second kappa shape index (κ2) is 14.9. The molecular weight excluding hydrogens is 314 g/mol. The van der Waals surface area contributed by atoms with Crippen LogP contribution in [0.4, 0.5) is 0 Å². The minimum absolute atomic E-state index is 0.0717. The van der Waals surface area contributed by atoms with Gasteiger partial charge in [-0.2, -0.15) is 0 Å². The lowest BCUT2D eigenvalue weighted by Crippen LogP contribution is -2.50. The van der Waals surface area contributed by atoms with Crippen LogP contribution in [0.2, 0.25) is 0 Å². The fourth-order valence-electron chi connectivity index (χ4n) is 3.15. The van der Waals surface area contributed by atoms with E-state index >= 15 is 0 Å². The molecular formula is C20H45N3O2. The van der Waals surface area contributed by atoms with Gasteiger partial charge < -0.3 is 25.0 Å². The molecule has 0 fully saturated rings. The Morgan fingerprint density at radius 2 is 0.800 bits per heavy atom. The molecule has 0 spiro atoms. The normalized spacial score (nSPS) is 12.7. The maximum absolute atomic E-state index is 12.9. The van der Waals surface area contributed by atoms with Gasteiger partial charge in [0.15, 0.2) is 0 Å². The Kier molecular flexibility index (Phi) is 14.8. The van der Waals surface area contributed by atoms with Crippen molar-refractivity contribution in [1.29, 1.82) is 0 Å². The van der Waals surface area contributed by atoms with Crippen LogP contribution in [-0.4, -0.2) is 61.7 Å². The highest BCUT2D eigenvalue weighted by Crippen LogP contribution is 2.11. The molecule has 0 unspecified atom stereocenters. The average molecular weight is 360 g/mol. The van der Waals surface area contributed by atoms with E-state index in [9.17, 15) is 10.4 Å². The lowest BCUT2D eigenvalue weighted by atomic mass is 10.2. The van der Waals surface area contributed by atoms with E-state index in [0.29, 0.717) is 13.1 Å². The summed E-state index contributed by atoms with van der Waals surface area (Å²) in [6.07, 6.45) is 8.31. The predicted octanol–water partition coefficient (Wildman–Crippen LogP) is 4.41. The van der Waals surface area contributed by atoms with Crippen molar-refractivity contribution in [2.75, 3.05) is 52.4 Å². The topological polar surface area (TPSA) is 58.1 Å². The molecule has 0 amide bonds. The van der Waals surface area contributed by atoms with Crippen LogP contribution in [0.1, 0.15) is 79.1 Å². The molecule has 0 aromatic carbocycles. The first-order valence-electron chi connectivity index (χ1n) is 10.8. The van der Waals surface area contributed by atoms with Gasteiger partial charge in [0.2, 0.25) is 0 Å². The minimum Gasteiger partial charge on any atom is -0.633 e. The fourth-order valence-corrected chi connectivity index (χ4v) is 3.15. The summed E-state index contributed by atoms with van der Waals surface area (Å²) in [6.45, 7) is 14.2. The molecule has 0 atom stereocenters. The summed E-state index contributed by atoms with van der Waals surface area (Å²) >= 11 is 0. The van der Waals surface area contributed by atoms with Crippen LogP contribution in [0.3, 0.4) is 0 Å². The zero-order valence-corrected chi connectivity index (χ0v) is 17.5. The first-order valence-corrected chi connectivity index (χ1v) is 10.8. The molecule has 0 radical (unpaired) electrons. The maximum atomic E-state index is 12.9. The maximum Gasteiger partial charge on any atom is 0.0910 e. The van der Waals surface area contributed by atoms with Crippen LogP contribution in [0.25, 0.3) is 0 Å². The number of quaternary nitrogens is 2. The van der Waals surface area contributed by atoms with E-state index in [2.05, 4.69) is 33.0 Å². The van der Waals surface area contributed by atoms with E-state index < -0.39 is 0 Å². The Morgan fingerprint density at radius 3 is 1.04 bits per heavy atom. The van der Waals surface area contributed by atoms with E-state index in [4.69, 9.17) is 0 Å². The molecule has 0 saturated heterocycles. The van der Waals surface area contributed by atoms with Gasteiger partial charge in [0.1, 0.15) is 0 Å². The van der Waals surface area contributed by atoms with Crippen LogP contribution in [-0.2, 0) is 0 Å². The number of unbranched alkanes of at least 4 members (excludes halogenated alkanes) is 4. The summed E-state index contributed by atoms with van der Waals surface area (Å²) in [6, 6.07) is 0. The van der Waals surface area contributed by atoms with Crippen molar-refractivity contribution in [3.63, 3.8) is 0 Å². The zero-order chi connectivity index (χ0) is 19.0. The van der Waals surface area contributed by atoms with Gasteiger partial charge in [0.25, 0.3) is 0 Å². The Bertz CT molecular complexity index is 257. The second-order valence-corrected chi connectivity index (χ2v) is 7.62. The zero-order valence-electron chi connectivity index (χ0n) is 17.5. The van der Waals surface area contributed by atoms with Crippen LogP contribution in [0.15, 0.2) is 0 Å². The second-order valence-electron chi connectivity index (χ2n) is 7.62. The molecule has 0 aromatic heterocycles. The van der Waals surface area contributed by atoms with Crippen LogP contribution in [0.5, 0.6) is 0 Å². The Hall–Kier alpha value is -0.200. The standard InChI is InChI=1S/C20H45N3O2/c1-5-9-15-22(24,16-10-6-2)19-13-21-14-20-23(25,17-11-7-3)18-12-8-4/h21H,5-20H2,1-4H3. The molecule has 152 valence electrons. The first-order chi connectivity index (χ1) is 11.9. The van der Waals surface area contributed by atoms with Crippen molar-refractivity contribution in [1.82, 2.24) is 5.32 Å². The predicted molar refractivity (Wildman–Crippen MR) is 109 cm³/mol. The summed E-state index contributed by atoms with van der Waals surface area (Å²) in [7, 11) is 0. The van der Waals surface area contributed by atoms with Gasteiger partial charge in [-0.05, 0) is 25.7 Å². The van der Waals surface area contributed by atoms with Gasteiger partial charge in [-0.1, -0.05) is 53.4 Å². The number of nitrogens with zero attached hydrogens (tertiary/aromatic N) is 2. The van der Waals surface area contributed by atoms with E-state index in [-0.39, 0.29) is 9.29 Å². The van der Waals surface area contributed by atoms with E-state index in [0.717, 1.165) is 90.6 Å². The first kappa shape index (κ1) is 24.8. The number of nitrogens with one attached hydrogen (secondary N) is 1. The van der Waals surface area contributed by atoms with Gasteiger partial charge in [0.05, 0.1) is 39.3 Å². The van der Waals surface area contributed by atoms with Gasteiger partial charge in [-0.3, -0.25) is 0 Å². The summed E-state index contributed by atoms with van der Waals surface area (Å²) in [4.78, 5) is 0. The number of rotatable bonds is 18. The molecule has 0 saturated carbocycles. The summed E-state index contributed by atoms with van der Waals surface area (Å²) < 4.78 is -0.143. The van der Waals surface area contributed by atoms with Crippen molar-refractivity contribution in [3.8, 4) is 0 Å². The summed E-state index contributed by atoms with van der Waals surface area (Å²) in [5, 5.41) is 29.2. The molecule has 0 bridgehead atoms. The third-order valence-corrected chi connectivity index (χ3v) is 5.07. The lowest BCUT2D eigenvalue weighted by molar-refractivity contribution is -0.882. The molecule has 5 heteroatoms. The third-order valence-electron chi connectivity index (χ3n) is 5.07. The number of hydroxylamine groups is 6. The van der Waals surface area contributed by atoms with Crippen molar-refractivity contribution in [2.24, 2.45) is 0 Å². The summed E-state index contributed by atoms with van der Waals surface area (Å²) in [5.41, 5.74) is 0. The van der Waals surface area contributed by atoms with E-state index in [1.807, 2.05) is 0 Å². The largest absolute Gasteiger partial charge is 0.633 e. The SMILES string of the molecule is CCCC[N+]([O-])(CCCC)CCNCC[N+]([O-])(CCCC)CCCC. The molecule has 0 aliphatic carbocycles. The highest BCUT2D eigenvalue weighted by Gasteiger charge is 2.17. The van der Waals surface area contributed by atoms with Crippen molar-refractivity contribution in [2.45, 2.75) is 79.1 Å². The number of hydrogen-bond acceptors (Lipinski definition) is 3. The van der Waals surface area contributed by atoms with Crippen molar-refractivity contribution >= 4 is 0 Å². The van der Waals surface area contributed by atoms with Gasteiger partial charge >= 0.3 is 0 Å². The van der Waals surface area contributed by atoms with E-state index in [1.54, 1.807) is 0 Å². The molecule has 5 nitrogen and oxygen atoms in total. The fraction of sp³-hybridized carbons (Fsp3) is 1.00. The molecule has 0 aromatic rings. The Labute approximate surface area is 157 Å². The van der Waals surface area contributed by atoms with Crippen LogP contribution < -0.4 is 5.32 Å². The quantitative estimate of drug-likeness (QED) is 0.224. The smallest absolute Gasteiger partial charge is 0.0910 e.